The summed E-state index contributed by atoms with van der Waals surface area (Å²) in [4.78, 5) is 79.4. The Morgan fingerprint density at radius 3 is 2.20 bits per heavy atom. The molecule has 0 saturated carbocycles. The van der Waals surface area contributed by atoms with Crippen LogP contribution < -0.4 is 21.5 Å². The zero-order chi connectivity index (χ0) is 44.1. The molecule has 4 aromatic rings. The summed E-state index contributed by atoms with van der Waals surface area (Å²) in [5.41, 5.74) is 16.4. The van der Waals surface area contributed by atoms with Crippen molar-refractivity contribution in [3.8, 4) is 34.0 Å². The second-order valence-corrected chi connectivity index (χ2v) is 16.6. The third kappa shape index (κ3) is 10.2. The number of carbonyl (C=O) groups excluding carboxylic acids is 4. The highest BCUT2D eigenvalue weighted by molar-refractivity contribution is 6.01. The number of ketones is 2. The van der Waals surface area contributed by atoms with Crippen LogP contribution in [0.15, 0.2) is 60.7 Å². The van der Waals surface area contributed by atoms with E-state index in [-0.39, 0.29) is 67.9 Å². The van der Waals surface area contributed by atoms with Crippen LogP contribution >= 0.6 is 0 Å². The monoisotopic (exact) mass is 820 g/mol. The lowest BCUT2D eigenvalue weighted by molar-refractivity contribution is -0.144. The topological polar surface area (TPSA) is 228 Å². The fourth-order valence-electron chi connectivity index (χ4n) is 7.65. The minimum absolute atomic E-state index is 0.0294. The number of carboxylic acid groups (broad SMARTS) is 1. The molecule has 0 unspecified atom stereocenters. The average molecular weight is 821 g/mol. The minimum atomic E-state index is -1.34. The van der Waals surface area contributed by atoms with Crippen LogP contribution in [0.5, 0.6) is 11.5 Å². The van der Waals surface area contributed by atoms with Gasteiger partial charge in [-0.1, -0.05) is 64.1 Å². The molecule has 2 heterocycles. The van der Waals surface area contributed by atoms with Crippen LogP contribution in [0.4, 0.5) is 0 Å². The fourth-order valence-corrected chi connectivity index (χ4v) is 7.65. The smallest absolute Gasteiger partial charge is 0.326 e. The van der Waals surface area contributed by atoms with Gasteiger partial charge in [-0.2, -0.15) is 0 Å². The summed E-state index contributed by atoms with van der Waals surface area (Å²) >= 11 is 0. The van der Waals surface area contributed by atoms with Gasteiger partial charge in [0.05, 0.1) is 17.0 Å². The van der Waals surface area contributed by atoms with Crippen LogP contribution in [0.2, 0.25) is 0 Å². The standard InChI is InChI=1S/C46H56N6O8/c1-25-20-38(55)41(30-11-15-39(60-19-18-48)34(23-30)33-21-28(8-14-36(33)53)22-35(45(58)59)51-43(25)56)52(7)44(57)31(16-17-47)24-37(54)40-26(2)49-42(50-27(40)3)29-9-12-32(13-10-29)46(4,5)6/h8-15,21,23,25,31,35,41,53H,16-20,22,24,47-48H2,1-7H3,(H,51,56)(H,58,59)/t25-,31-,35+,41+/m1/s1. The number of carboxylic acids is 1. The predicted octanol–water partition coefficient (Wildman–Crippen LogP) is 5.23. The molecule has 318 valence electrons. The van der Waals surface area contributed by atoms with Gasteiger partial charge in [0.2, 0.25) is 11.8 Å². The molecule has 1 aliphatic rings. The van der Waals surface area contributed by atoms with Crippen LogP contribution in [0.1, 0.15) is 91.4 Å². The molecule has 0 spiro atoms. The van der Waals surface area contributed by atoms with E-state index in [4.69, 9.17) is 16.2 Å². The molecule has 2 amide bonds. The van der Waals surface area contributed by atoms with E-state index in [1.165, 1.54) is 24.9 Å². The van der Waals surface area contributed by atoms with Crippen LogP contribution in [0.3, 0.4) is 0 Å². The van der Waals surface area contributed by atoms with Crippen molar-refractivity contribution in [2.45, 2.75) is 84.7 Å². The first-order valence-electron chi connectivity index (χ1n) is 20.2. The largest absolute Gasteiger partial charge is 0.507 e. The normalized spacial score (nSPS) is 17.6. The number of benzene rings is 3. The zero-order valence-corrected chi connectivity index (χ0v) is 35.4. The van der Waals surface area contributed by atoms with Gasteiger partial charge in [0.15, 0.2) is 17.4 Å². The van der Waals surface area contributed by atoms with Crippen molar-refractivity contribution < 1.29 is 38.9 Å². The van der Waals surface area contributed by atoms with Crippen LogP contribution in [-0.4, -0.2) is 87.2 Å². The zero-order valence-electron chi connectivity index (χ0n) is 35.4. The Kier molecular flexibility index (Phi) is 14.2. The number of ether oxygens (including phenoxy) is 1. The van der Waals surface area contributed by atoms with E-state index < -0.39 is 47.5 Å². The summed E-state index contributed by atoms with van der Waals surface area (Å²) in [6.45, 7) is 11.8. The maximum atomic E-state index is 14.6. The Labute approximate surface area is 350 Å². The van der Waals surface area contributed by atoms with Gasteiger partial charge in [-0.15, -0.1) is 0 Å². The molecule has 7 N–H and O–H groups in total. The van der Waals surface area contributed by atoms with Crippen LogP contribution in [-0.2, 0) is 31.0 Å². The molecule has 1 aromatic heterocycles. The Hall–Kier alpha value is -5.99. The van der Waals surface area contributed by atoms with E-state index in [0.29, 0.717) is 45.2 Å². The summed E-state index contributed by atoms with van der Waals surface area (Å²) in [6.07, 6.45) is -0.561. The fraction of sp³-hybridized carbons (Fsp3) is 0.413. The molecule has 4 bridgehead atoms. The summed E-state index contributed by atoms with van der Waals surface area (Å²) < 4.78 is 5.96. The first-order chi connectivity index (χ1) is 28.3. The van der Waals surface area contributed by atoms with Gasteiger partial charge in [0.25, 0.3) is 0 Å². The van der Waals surface area contributed by atoms with Crippen molar-refractivity contribution >= 4 is 29.4 Å². The first-order valence-corrected chi connectivity index (χ1v) is 20.2. The van der Waals surface area contributed by atoms with Crippen molar-refractivity contribution in [1.82, 2.24) is 20.2 Å². The maximum Gasteiger partial charge on any atom is 0.326 e. The third-order valence-electron chi connectivity index (χ3n) is 11.0. The Morgan fingerprint density at radius 2 is 1.60 bits per heavy atom. The lowest BCUT2D eigenvalue weighted by Gasteiger charge is -2.32. The molecule has 1 aliphatic heterocycles. The van der Waals surface area contributed by atoms with Crippen LogP contribution in [0.25, 0.3) is 22.5 Å². The highest BCUT2D eigenvalue weighted by atomic mass is 16.5. The molecule has 60 heavy (non-hydrogen) atoms. The number of nitrogens with one attached hydrogen (secondary N) is 1. The Bertz CT molecular complexity index is 2240. The molecule has 5 rings (SSSR count). The number of hydrogen-bond donors (Lipinski definition) is 5. The number of rotatable bonds is 12. The molecule has 14 nitrogen and oxygen atoms in total. The van der Waals surface area contributed by atoms with Gasteiger partial charge >= 0.3 is 5.97 Å². The lowest BCUT2D eigenvalue weighted by Crippen LogP contribution is -2.45. The van der Waals surface area contributed by atoms with E-state index in [1.807, 2.05) is 24.3 Å². The molecule has 0 saturated heterocycles. The van der Waals surface area contributed by atoms with Crippen molar-refractivity contribution in [1.29, 1.82) is 0 Å². The van der Waals surface area contributed by atoms with E-state index >= 15 is 0 Å². The third-order valence-corrected chi connectivity index (χ3v) is 11.0. The van der Waals surface area contributed by atoms with E-state index in [9.17, 15) is 34.2 Å². The SMILES string of the molecule is Cc1nc(-c2ccc(C(C)(C)C)cc2)nc(C)c1C(=O)C[C@@H](CCN)C(=O)N(C)[C@@H]1C(=O)C[C@@H](C)C(=O)N[C@H](C(=O)O)Cc2ccc(O)c(c2)-c2cc1ccc2OCCN. The molecular weight excluding hydrogens is 765 g/mol. The number of aliphatic carboxylic acids is 1. The van der Waals surface area contributed by atoms with Gasteiger partial charge in [0, 0.05) is 61.4 Å². The molecule has 4 atom stereocenters. The van der Waals surface area contributed by atoms with Crippen LogP contribution in [0, 0.1) is 25.7 Å². The molecule has 0 radical (unpaired) electrons. The minimum Gasteiger partial charge on any atom is -0.507 e. The summed E-state index contributed by atoms with van der Waals surface area (Å²) in [5.74, 6) is -4.59. The molecule has 3 aromatic carbocycles. The summed E-state index contributed by atoms with van der Waals surface area (Å²) in [7, 11) is 1.46. The van der Waals surface area contributed by atoms with Crippen molar-refractivity contribution in [2.75, 3.05) is 26.7 Å². The number of fused-ring (bicyclic) bond motifs is 5. The summed E-state index contributed by atoms with van der Waals surface area (Å²) in [6, 6.07) is 14.8. The lowest BCUT2D eigenvalue weighted by atomic mass is 9.86. The number of aryl methyl sites for hydroxylation is 2. The highest BCUT2D eigenvalue weighted by Crippen LogP contribution is 2.40. The number of nitrogens with two attached hydrogens (primary N) is 2. The van der Waals surface area contributed by atoms with Crippen molar-refractivity contribution in [2.24, 2.45) is 23.3 Å². The number of phenols is 1. The van der Waals surface area contributed by atoms with Gasteiger partial charge < -0.3 is 36.6 Å². The number of hydrogen-bond acceptors (Lipinski definition) is 11. The van der Waals surface area contributed by atoms with Crippen molar-refractivity contribution in [3.05, 3.63) is 94.3 Å². The predicted molar refractivity (Wildman–Crippen MR) is 227 cm³/mol. The maximum absolute atomic E-state index is 14.6. The molecule has 0 aliphatic carbocycles. The van der Waals surface area contributed by atoms with Gasteiger partial charge in [-0.05, 0) is 73.2 Å². The average Bonchev–Trinajstić information content (AvgIpc) is 3.19. The first kappa shape index (κ1) is 45.1. The summed E-state index contributed by atoms with van der Waals surface area (Å²) in [5, 5.41) is 23.7. The second-order valence-electron chi connectivity index (χ2n) is 16.6. The number of likely N-dealkylation sites (N-methyl/N-ethyl adjacent to an activating group) is 1. The molecule has 0 fully saturated rings. The number of aromatic hydroxyl groups is 1. The van der Waals surface area contributed by atoms with E-state index in [0.717, 1.165) is 11.1 Å². The van der Waals surface area contributed by atoms with Crippen molar-refractivity contribution in [3.63, 3.8) is 0 Å². The number of nitrogens with zero attached hydrogens (tertiary/aromatic N) is 3. The second kappa shape index (κ2) is 18.9. The van der Waals surface area contributed by atoms with Gasteiger partial charge in [0.1, 0.15) is 30.2 Å². The quantitative estimate of drug-likeness (QED) is 0.116. The van der Waals surface area contributed by atoms with E-state index in [2.05, 4.69) is 36.1 Å². The number of amides is 2. The number of Topliss-reactive ketones (excluding diaryl/α,β-unsaturated/α-hetero) is 2. The number of carbonyl (C=O) groups is 5. The Morgan fingerprint density at radius 1 is 0.933 bits per heavy atom. The molecular formula is C46H56N6O8. The number of aromatic nitrogens is 2. The Balaban J connectivity index is 1.53. The van der Waals surface area contributed by atoms with Gasteiger partial charge in [-0.25, -0.2) is 14.8 Å². The van der Waals surface area contributed by atoms with E-state index in [1.54, 1.807) is 44.2 Å². The number of phenolic OH excluding ortho intramolecular Hbond substituents is 1. The highest BCUT2D eigenvalue weighted by Gasteiger charge is 2.36. The van der Waals surface area contributed by atoms with Gasteiger partial charge in [-0.3, -0.25) is 19.2 Å². The molecule has 14 heteroatoms.